The molecule has 2 N–H and O–H groups in total. The summed E-state index contributed by atoms with van der Waals surface area (Å²) in [6.07, 6.45) is 4.22. The van der Waals surface area contributed by atoms with Gasteiger partial charge in [0.2, 0.25) is 5.91 Å². The number of urea groups is 1. The molecule has 1 saturated carbocycles. The molecular formula is C16H26N4O3. The Balaban J connectivity index is 1.68. The lowest BCUT2D eigenvalue weighted by Gasteiger charge is -2.27. The third-order valence-electron chi connectivity index (χ3n) is 5.49. The van der Waals surface area contributed by atoms with Crippen LogP contribution >= 0.6 is 0 Å². The second kappa shape index (κ2) is 6.11. The van der Waals surface area contributed by atoms with Crippen LogP contribution in [-0.2, 0) is 9.59 Å². The molecule has 2 heterocycles. The first-order valence-electron chi connectivity index (χ1n) is 8.58. The Kier molecular flexibility index (Phi) is 4.31. The van der Waals surface area contributed by atoms with E-state index >= 15 is 0 Å². The number of hydrogen-bond donors (Lipinski definition) is 2. The molecule has 3 fully saturated rings. The van der Waals surface area contributed by atoms with Gasteiger partial charge in [-0.1, -0.05) is 12.8 Å². The monoisotopic (exact) mass is 322 g/mol. The molecule has 2 aliphatic heterocycles. The van der Waals surface area contributed by atoms with E-state index in [2.05, 4.69) is 10.6 Å². The maximum Gasteiger partial charge on any atom is 0.325 e. The highest BCUT2D eigenvalue weighted by Gasteiger charge is 2.54. The zero-order valence-corrected chi connectivity index (χ0v) is 13.9. The minimum atomic E-state index is -0.745. The minimum absolute atomic E-state index is 0.123. The van der Waals surface area contributed by atoms with Gasteiger partial charge in [-0.2, -0.15) is 0 Å². The predicted molar refractivity (Wildman–Crippen MR) is 84.7 cm³/mol. The number of imide groups is 1. The SMILES string of the molecule is CNCC1CCN(C(=O)C(C)N2C(=O)NC3(CCCC3)C2=O)C1. The summed E-state index contributed by atoms with van der Waals surface area (Å²) < 4.78 is 0. The molecule has 3 rings (SSSR count). The summed E-state index contributed by atoms with van der Waals surface area (Å²) in [4.78, 5) is 40.7. The summed E-state index contributed by atoms with van der Waals surface area (Å²) in [5, 5.41) is 5.98. The van der Waals surface area contributed by atoms with Crippen LogP contribution in [0, 0.1) is 5.92 Å². The third-order valence-corrected chi connectivity index (χ3v) is 5.49. The number of nitrogens with zero attached hydrogens (tertiary/aromatic N) is 2. The number of carbonyl (C=O) groups is 3. The van der Waals surface area contributed by atoms with E-state index in [0.29, 0.717) is 31.8 Å². The molecule has 0 radical (unpaired) electrons. The first-order chi connectivity index (χ1) is 11.0. The molecule has 23 heavy (non-hydrogen) atoms. The second-order valence-corrected chi connectivity index (χ2v) is 7.07. The molecule has 0 aromatic carbocycles. The minimum Gasteiger partial charge on any atom is -0.341 e. The lowest BCUT2D eigenvalue weighted by atomic mass is 9.97. The molecule has 2 unspecified atom stereocenters. The highest BCUT2D eigenvalue weighted by molar-refractivity contribution is 6.09. The molecule has 0 aromatic rings. The normalized spacial score (nSPS) is 27.8. The summed E-state index contributed by atoms with van der Waals surface area (Å²) in [6, 6.07) is -1.14. The van der Waals surface area contributed by atoms with E-state index in [1.807, 2.05) is 7.05 Å². The van der Waals surface area contributed by atoms with Gasteiger partial charge in [0.05, 0.1) is 0 Å². The van der Waals surface area contributed by atoms with Crippen LogP contribution in [0.25, 0.3) is 0 Å². The van der Waals surface area contributed by atoms with E-state index < -0.39 is 17.6 Å². The van der Waals surface area contributed by atoms with Crippen molar-refractivity contribution in [3.8, 4) is 0 Å². The molecule has 1 aliphatic carbocycles. The highest BCUT2D eigenvalue weighted by Crippen LogP contribution is 2.36. The van der Waals surface area contributed by atoms with E-state index in [1.54, 1.807) is 11.8 Å². The van der Waals surface area contributed by atoms with E-state index in [4.69, 9.17) is 0 Å². The van der Waals surface area contributed by atoms with Crippen LogP contribution in [0.2, 0.25) is 0 Å². The Hall–Kier alpha value is -1.63. The smallest absolute Gasteiger partial charge is 0.325 e. The van der Waals surface area contributed by atoms with Crippen LogP contribution in [0.15, 0.2) is 0 Å². The van der Waals surface area contributed by atoms with Crippen molar-refractivity contribution in [2.24, 2.45) is 5.92 Å². The fraction of sp³-hybridized carbons (Fsp3) is 0.812. The molecule has 0 aromatic heterocycles. The Labute approximate surface area is 136 Å². The molecular weight excluding hydrogens is 296 g/mol. The van der Waals surface area contributed by atoms with Crippen LogP contribution in [0.3, 0.4) is 0 Å². The fourth-order valence-electron chi connectivity index (χ4n) is 4.17. The van der Waals surface area contributed by atoms with Crippen molar-refractivity contribution in [1.29, 1.82) is 0 Å². The van der Waals surface area contributed by atoms with E-state index in [-0.39, 0.29) is 11.8 Å². The van der Waals surface area contributed by atoms with E-state index in [1.165, 1.54) is 0 Å². The molecule has 4 amide bonds. The highest BCUT2D eigenvalue weighted by atomic mass is 16.2. The molecule has 7 nitrogen and oxygen atoms in total. The average Bonchev–Trinajstić information content (AvgIpc) is 3.21. The molecule has 128 valence electrons. The van der Waals surface area contributed by atoms with Gasteiger partial charge in [0.25, 0.3) is 5.91 Å². The predicted octanol–water partition coefficient (Wildman–Crippen LogP) is 0.307. The van der Waals surface area contributed by atoms with Crippen LogP contribution < -0.4 is 10.6 Å². The van der Waals surface area contributed by atoms with Crippen molar-refractivity contribution in [3.63, 3.8) is 0 Å². The summed E-state index contributed by atoms with van der Waals surface area (Å²) in [5.41, 5.74) is -0.745. The fourth-order valence-corrected chi connectivity index (χ4v) is 4.17. The molecule has 2 atom stereocenters. The van der Waals surface area contributed by atoms with Crippen molar-refractivity contribution in [2.75, 3.05) is 26.7 Å². The lowest BCUT2D eigenvalue weighted by molar-refractivity contribution is -0.142. The molecule has 3 aliphatic rings. The number of carbonyl (C=O) groups excluding carboxylic acids is 3. The van der Waals surface area contributed by atoms with Crippen molar-refractivity contribution in [1.82, 2.24) is 20.4 Å². The Morgan fingerprint density at radius 2 is 2.09 bits per heavy atom. The standard InChI is InChI=1S/C16H26N4O3/c1-11(13(21)19-8-5-12(10-19)9-17-2)20-14(22)16(18-15(20)23)6-3-4-7-16/h11-12,17H,3-10H2,1-2H3,(H,18,23). The van der Waals surface area contributed by atoms with Gasteiger partial charge in [-0.25, -0.2) is 9.69 Å². The van der Waals surface area contributed by atoms with Crippen LogP contribution in [0.4, 0.5) is 4.79 Å². The average molecular weight is 322 g/mol. The number of amides is 4. The molecule has 7 heteroatoms. The van der Waals surface area contributed by atoms with Crippen molar-refractivity contribution in [2.45, 2.75) is 50.6 Å². The van der Waals surface area contributed by atoms with Crippen LogP contribution in [0.1, 0.15) is 39.0 Å². The van der Waals surface area contributed by atoms with Crippen molar-refractivity contribution >= 4 is 17.8 Å². The zero-order chi connectivity index (χ0) is 16.6. The van der Waals surface area contributed by atoms with Gasteiger partial charge >= 0.3 is 6.03 Å². The van der Waals surface area contributed by atoms with Gasteiger partial charge in [0.15, 0.2) is 0 Å². The number of likely N-dealkylation sites (tertiary alicyclic amines) is 1. The van der Waals surface area contributed by atoms with Crippen LogP contribution in [0.5, 0.6) is 0 Å². The maximum atomic E-state index is 12.7. The van der Waals surface area contributed by atoms with Gasteiger partial charge in [0, 0.05) is 13.1 Å². The quantitative estimate of drug-likeness (QED) is 0.730. The first kappa shape index (κ1) is 16.2. The third kappa shape index (κ3) is 2.71. The Morgan fingerprint density at radius 1 is 1.39 bits per heavy atom. The number of hydrogen-bond acceptors (Lipinski definition) is 4. The maximum absolute atomic E-state index is 12.7. The largest absolute Gasteiger partial charge is 0.341 e. The van der Waals surface area contributed by atoms with Gasteiger partial charge in [-0.15, -0.1) is 0 Å². The second-order valence-electron chi connectivity index (χ2n) is 7.07. The zero-order valence-electron chi connectivity index (χ0n) is 13.9. The van der Waals surface area contributed by atoms with Crippen molar-refractivity contribution < 1.29 is 14.4 Å². The van der Waals surface area contributed by atoms with Gasteiger partial charge in [-0.05, 0) is 45.7 Å². The molecule has 2 saturated heterocycles. The summed E-state index contributed by atoms with van der Waals surface area (Å²) in [6.45, 7) is 3.94. The Morgan fingerprint density at radius 3 is 2.74 bits per heavy atom. The summed E-state index contributed by atoms with van der Waals surface area (Å²) in [5.74, 6) is 0.106. The van der Waals surface area contributed by atoms with E-state index in [9.17, 15) is 14.4 Å². The number of nitrogens with one attached hydrogen (secondary N) is 2. The van der Waals surface area contributed by atoms with E-state index in [0.717, 1.165) is 30.7 Å². The summed E-state index contributed by atoms with van der Waals surface area (Å²) in [7, 11) is 1.90. The molecule has 1 spiro atoms. The number of rotatable bonds is 4. The first-order valence-corrected chi connectivity index (χ1v) is 8.58. The lowest BCUT2D eigenvalue weighted by Crippen LogP contribution is -2.50. The van der Waals surface area contributed by atoms with Crippen molar-refractivity contribution in [3.05, 3.63) is 0 Å². The van der Waals surface area contributed by atoms with Crippen LogP contribution in [-0.4, -0.2) is 65.9 Å². The van der Waals surface area contributed by atoms with Gasteiger partial charge in [-0.3, -0.25) is 9.59 Å². The van der Waals surface area contributed by atoms with Gasteiger partial charge < -0.3 is 15.5 Å². The van der Waals surface area contributed by atoms with Gasteiger partial charge in [0.1, 0.15) is 11.6 Å². The molecule has 0 bridgehead atoms. The topological polar surface area (TPSA) is 81.8 Å². The summed E-state index contributed by atoms with van der Waals surface area (Å²) >= 11 is 0. The Bertz CT molecular complexity index is 515.